The Bertz CT molecular complexity index is 1170. The van der Waals surface area contributed by atoms with Gasteiger partial charge in [0.1, 0.15) is 5.75 Å². The van der Waals surface area contributed by atoms with Gasteiger partial charge >= 0.3 is 0 Å². The molecule has 1 N–H and O–H groups in total. The number of benzene rings is 3. The number of methoxy groups -OCH3 is 1. The van der Waals surface area contributed by atoms with Gasteiger partial charge in [0.15, 0.2) is 0 Å². The number of amides is 1. The number of rotatable bonds is 4. The van der Waals surface area contributed by atoms with E-state index in [1.807, 2.05) is 36.4 Å². The highest BCUT2D eigenvalue weighted by Gasteiger charge is 2.51. The largest absolute Gasteiger partial charge is 0.497 e. The van der Waals surface area contributed by atoms with Crippen LogP contribution in [0.1, 0.15) is 41.6 Å². The predicted octanol–water partition coefficient (Wildman–Crippen LogP) is 5.17. The third-order valence-electron chi connectivity index (χ3n) is 8.13. The molecular formula is C29H35N2O2+. The Hall–Kier alpha value is -2.85. The topological polar surface area (TPSA) is 38.3 Å². The third kappa shape index (κ3) is 4.24. The van der Waals surface area contributed by atoms with E-state index < -0.39 is 0 Å². The maximum Gasteiger partial charge on any atom is 0.251 e. The summed E-state index contributed by atoms with van der Waals surface area (Å²) < 4.78 is 6.65. The minimum absolute atomic E-state index is 0.0388. The number of nitrogens with zero attached hydrogens (tertiary/aromatic N) is 1. The molecule has 33 heavy (non-hydrogen) atoms. The van der Waals surface area contributed by atoms with E-state index in [1.54, 1.807) is 7.11 Å². The first kappa shape index (κ1) is 22.0. The number of hydrogen-bond acceptors (Lipinski definition) is 2. The molecule has 1 amide bonds. The molecule has 5 rings (SSSR count). The maximum atomic E-state index is 13.2. The monoisotopic (exact) mass is 443 g/mol. The average Bonchev–Trinajstić information content (AvgIpc) is 2.83. The lowest BCUT2D eigenvalue weighted by Gasteiger charge is -2.54. The number of piperidine rings is 1. The molecule has 1 heterocycles. The Morgan fingerprint density at radius 2 is 1.82 bits per heavy atom. The number of ether oxygens (including phenoxy) is 1. The standard InChI is InChI=1S/C29H34N2O2/c1-31(2)16-15-29(24-9-6-10-27(18-24)33-3)19-26(14-13-25(29)20-31)30-28(32)23-12-11-21-7-4-5-8-22(21)17-23/h4-12,17-18,25-26H,13-16,19-20H2,1-3H3/p+1/t25-,26+,29+/m1/s1. The zero-order valence-corrected chi connectivity index (χ0v) is 20.0. The smallest absolute Gasteiger partial charge is 0.251 e. The summed E-state index contributed by atoms with van der Waals surface area (Å²) >= 11 is 0. The second kappa shape index (κ2) is 8.49. The molecule has 1 aliphatic heterocycles. The Morgan fingerprint density at radius 1 is 1.00 bits per heavy atom. The molecule has 3 atom stereocenters. The summed E-state index contributed by atoms with van der Waals surface area (Å²) in [5.41, 5.74) is 2.20. The summed E-state index contributed by atoms with van der Waals surface area (Å²) in [6.45, 7) is 2.33. The first-order chi connectivity index (χ1) is 15.9. The van der Waals surface area contributed by atoms with Crippen LogP contribution < -0.4 is 10.1 Å². The van der Waals surface area contributed by atoms with Gasteiger partial charge in [0.2, 0.25) is 0 Å². The second-order valence-electron chi connectivity index (χ2n) is 10.7. The van der Waals surface area contributed by atoms with Crippen molar-refractivity contribution < 1.29 is 14.0 Å². The molecule has 1 aliphatic carbocycles. The van der Waals surface area contributed by atoms with Crippen LogP contribution in [0.2, 0.25) is 0 Å². The second-order valence-corrected chi connectivity index (χ2v) is 10.7. The van der Waals surface area contributed by atoms with Crippen LogP contribution in [0.15, 0.2) is 66.7 Å². The van der Waals surface area contributed by atoms with Gasteiger partial charge in [-0.3, -0.25) is 4.79 Å². The van der Waals surface area contributed by atoms with Crippen LogP contribution in [0, 0.1) is 5.92 Å². The summed E-state index contributed by atoms with van der Waals surface area (Å²) in [6, 6.07) is 23.0. The average molecular weight is 444 g/mol. The van der Waals surface area contributed by atoms with E-state index in [0.29, 0.717) is 5.92 Å². The molecule has 2 aliphatic rings. The quantitative estimate of drug-likeness (QED) is 0.565. The van der Waals surface area contributed by atoms with Gasteiger partial charge in [-0.15, -0.1) is 0 Å². The van der Waals surface area contributed by atoms with Gasteiger partial charge in [0, 0.05) is 29.4 Å². The lowest BCUT2D eigenvalue weighted by atomic mass is 9.57. The van der Waals surface area contributed by atoms with E-state index in [4.69, 9.17) is 4.74 Å². The molecule has 0 radical (unpaired) electrons. The van der Waals surface area contributed by atoms with E-state index in [1.165, 1.54) is 12.1 Å². The molecule has 0 unspecified atom stereocenters. The number of carbonyl (C=O) groups is 1. The van der Waals surface area contributed by atoms with E-state index in [2.05, 4.69) is 49.7 Å². The fraction of sp³-hybridized carbons (Fsp3) is 0.414. The number of hydrogen-bond donors (Lipinski definition) is 1. The van der Waals surface area contributed by atoms with Crippen molar-refractivity contribution in [2.45, 2.75) is 37.1 Å². The Balaban J connectivity index is 1.41. The molecule has 2 fully saturated rings. The maximum absolute atomic E-state index is 13.2. The van der Waals surface area contributed by atoms with Gasteiger partial charge in [0.05, 0.1) is 34.3 Å². The lowest BCUT2D eigenvalue weighted by molar-refractivity contribution is -0.901. The molecule has 172 valence electrons. The van der Waals surface area contributed by atoms with E-state index in [9.17, 15) is 4.79 Å². The highest BCUT2D eigenvalue weighted by Crippen LogP contribution is 2.50. The highest BCUT2D eigenvalue weighted by molar-refractivity contribution is 5.98. The fourth-order valence-corrected chi connectivity index (χ4v) is 6.30. The third-order valence-corrected chi connectivity index (χ3v) is 8.13. The molecule has 4 nitrogen and oxygen atoms in total. The molecule has 4 heteroatoms. The van der Waals surface area contributed by atoms with Crippen LogP contribution in [0.4, 0.5) is 0 Å². The number of quaternary nitrogens is 1. The van der Waals surface area contributed by atoms with Crippen LogP contribution in [-0.2, 0) is 5.41 Å². The molecule has 0 bridgehead atoms. The molecule has 0 spiro atoms. The molecular weight excluding hydrogens is 408 g/mol. The van der Waals surface area contributed by atoms with Crippen LogP contribution in [0.25, 0.3) is 10.8 Å². The van der Waals surface area contributed by atoms with Crippen molar-refractivity contribution in [2.24, 2.45) is 5.92 Å². The van der Waals surface area contributed by atoms with Crippen molar-refractivity contribution in [3.63, 3.8) is 0 Å². The van der Waals surface area contributed by atoms with E-state index >= 15 is 0 Å². The first-order valence-corrected chi connectivity index (χ1v) is 12.1. The Kier molecular flexibility index (Phi) is 5.65. The summed E-state index contributed by atoms with van der Waals surface area (Å²) in [7, 11) is 6.44. The number of nitrogens with one attached hydrogen (secondary N) is 1. The van der Waals surface area contributed by atoms with Crippen molar-refractivity contribution in [3.05, 3.63) is 77.9 Å². The van der Waals surface area contributed by atoms with Crippen LogP contribution >= 0.6 is 0 Å². The van der Waals surface area contributed by atoms with Crippen LogP contribution in [-0.4, -0.2) is 50.7 Å². The lowest BCUT2D eigenvalue weighted by Crippen LogP contribution is -2.60. The SMILES string of the molecule is COc1cccc([C@@]23CC[N+](C)(C)C[C@H]2CC[C@H](NC(=O)c2ccc4ccccc4c2)C3)c1. The van der Waals surface area contributed by atoms with Crippen molar-refractivity contribution in [3.8, 4) is 5.75 Å². The minimum atomic E-state index is 0.0388. The zero-order valence-electron chi connectivity index (χ0n) is 20.0. The molecule has 1 saturated carbocycles. The van der Waals surface area contributed by atoms with E-state index in [-0.39, 0.29) is 17.4 Å². The zero-order chi connectivity index (χ0) is 23.1. The van der Waals surface area contributed by atoms with Gasteiger partial charge in [-0.2, -0.15) is 0 Å². The fourth-order valence-electron chi connectivity index (χ4n) is 6.30. The summed E-state index contributed by atoms with van der Waals surface area (Å²) in [5.74, 6) is 1.57. The van der Waals surface area contributed by atoms with Crippen LogP contribution in [0.3, 0.4) is 0 Å². The molecule has 1 saturated heterocycles. The van der Waals surface area contributed by atoms with Crippen molar-refractivity contribution >= 4 is 16.7 Å². The first-order valence-electron chi connectivity index (χ1n) is 12.1. The van der Waals surface area contributed by atoms with Crippen molar-refractivity contribution in [1.82, 2.24) is 5.32 Å². The van der Waals surface area contributed by atoms with Gasteiger partial charge in [-0.1, -0.05) is 42.5 Å². The van der Waals surface area contributed by atoms with Gasteiger partial charge < -0.3 is 14.5 Å². The summed E-state index contributed by atoms with van der Waals surface area (Å²) in [6.07, 6.45) is 4.31. The summed E-state index contributed by atoms with van der Waals surface area (Å²) in [5, 5.41) is 5.67. The molecule has 3 aromatic rings. The minimum Gasteiger partial charge on any atom is -0.497 e. The number of carbonyl (C=O) groups excluding carboxylic acids is 1. The van der Waals surface area contributed by atoms with Crippen molar-refractivity contribution in [2.75, 3.05) is 34.3 Å². The number of likely N-dealkylation sites (tertiary alicyclic amines) is 1. The Labute approximate surface area is 197 Å². The van der Waals surface area contributed by atoms with Gasteiger partial charge in [-0.05, 0) is 59.9 Å². The van der Waals surface area contributed by atoms with Crippen LogP contribution in [0.5, 0.6) is 5.75 Å². The van der Waals surface area contributed by atoms with Gasteiger partial charge in [-0.25, -0.2) is 0 Å². The number of fused-ring (bicyclic) bond motifs is 2. The van der Waals surface area contributed by atoms with Crippen molar-refractivity contribution in [1.29, 1.82) is 0 Å². The molecule has 3 aromatic carbocycles. The Morgan fingerprint density at radius 3 is 2.64 bits per heavy atom. The highest BCUT2D eigenvalue weighted by atomic mass is 16.5. The normalized spacial score (nSPS) is 26.4. The van der Waals surface area contributed by atoms with E-state index in [0.717, 1.165) is 58.8 Å². The summed E-state index contributed by atoms with van der Waals surface area (Å²) in [4.78, 5) is 13.2. The molecule has 0 aromatic heterocycles. The van der Waals surface area contributed by atoms with Gasteiger partial charge in [0.25, 0.3) is 5.91 Å². The predicted molar refractivity (Wildman–Crippen MR) is 134 cm³/mol.